The molecule has 562 valence electrons. The molecule has 3 fully saturated rings. The number of alkyl halides is 14. The summed E-state index contributed by atoms with van der Waals surface area (Å²) in [7, 11) is -5.94. The van der Waals surface area contributed by atoms with Gasteiger partial charge in [0.1, 0.15) is 18.3 Å². The van der Waals surface area contributed by atoms with Crippen LogP contribution < -0.4 is 0 Å². The number of hydrogen-bond acceptors (Lipinski definition) is 17. The molecule has 0 saturated heterocycles. The standard InChI is InChI=1S/C18H15S.C16H22F6O4.C15H21F3O3.C10H15F3O3.C8H10F2O7S/c1-4-10-16(11-5-1)19(17-12-6-2-7-13-17)18-14-8-3-9-15-18;1-8(2)12(23)26-11-6-9(13(3,24)15(17,18)19)5-10(7-11)14(4,25)16(20,21)22;1-8(2)13(19)21-12-6-9-4-10(11(12)5-9)7-14(3,20)15(16,17)18;1-6(2)8(14)16-7(3)5-9(4,15)10(11,12)13;1-5(2)7(12)16-3-6(11)17-4-8(9,10)18(13,14)15/h1-15H;9-11,24-25H,1,5-7H2,2-4H3;9-12,20H,1,4-7H2,2-3H3;7,15H,1,5H2,2-4H3;1,3-4H2,2H3,(H,13,14,15)/q+1;;;;/p-1. The summed E-state index contributed by atoms with van der Waals surface area (Å²) in [5.74, 6) is -8.06. The number of halogens is 14. The zero-order valence-corrected chi connectivity index (χ0v) is 57.5. The van der Waals surface area contributed by atoms with Crippen LogP contribution in [0.15, 0.2) is 154 Å². The summed E-state index contributed by atoms with van der Waals surface area (Å²) in [5, 5.41) is 33.8. The number of carbonyl (C=O) groups excluding carboxylic acids is 5. The molecule has 0 amide bonds. The number of ether oxygens (including phenoxy) is 5. The number of esters is 5. The first kappa shape index (κ1) is 89.2. The van der Waals surface area contributed by atoms with E-state index in [2.05, 4.69) is 132 Å². The summed E-state index contributed by atoms with van der Waals surface area (Å²) in [5.41, 5.74) is -11.9. The van der Waals surface area contributed by atoms with Gasteiger partial charge in [-0.1, -0.05) is 80.9 Å². The molecule has 11 unspecified atom stereocenters. The first-order valence-corrected chi connectivity index (χ1v) is 32.9. The average Bonchev–Trinajstić information content (AvgIpc) is 1.75. The molecular weight excluding hydrogens is 1410 g/mol. The van der Waals surface area contributed by atoms with Crippen LogP contribution in [0.5, 0.6) is 0 Å². The molecule has 6 rings (SSSR count). The Bertz CT molecular complexity index is 3250. The Morgan fingerprint density at radius 3 is 1.25 bits per heavy atom. The molecule has 3 aromatic carbocycles. The lowest BCUT2D eigenvalue weighted by Crippen LogP contribution is -2.57. The lowest BCUT2D eigenvalue weighted by Gasteiger charge is -2.46. The predicted molar refractivity (Wildman–Crippen MR) is 334 cm³/mol. The summed E-state index contributed by atoms with van der Waals surface area (Å²) in [4.78, 5) is 59.9. The summed E-state index contributed by atoms with van der Waals surface area (Å²) in [6.07, 6.45) is -22.9. The second kappa shape index (κ2) is 35.8. The zero-order valence-electron chi connectivity index (χ0n) is 55.9. The van der Waals surface area contributed by atoms with E-state index >= 15 is 0 Å². The summed E-state index contributed by atoms with van der Waals surface area (Å²) in [6.45, 7) is 19.5. The molecule has 0 heterocycles. The van der Waals surface area contributed by atoms with Crippen LogP contribution in [0, 0.1) is 29.6 Å². The lowest BCUT2D eigenvalue weighted by molar-refractivity contribution is -0.299. The zero-order chi connectivity index (χ0) is 77.3. The maximum absolute atomic E-state index is 13.1. The molecule has 4 N–H and O–H groups in total. The largest absolute Gasteiger partial charge is 0.743 e. The third kappa shape index (κ3) is 26.5. The maximum atomic E-state index is 13.1. The van der Waals surface area contributed by atoms with E-state index in [4.69, 9.17) is 14.6 Å². The number of aliphatic hydroxyl groups is 4. The molecule has 0 radical (unpaired) electrons. The van der Waals surface area contributed by atoms with Crippen molar-refractivity contribution in [2.24, 2.45) is 29.6 Å². The summed E-state index contributed by atoms with van der Waals surface area (Å²) >= 11 is 0. The summed E-state index contributed by atoms with van der Waals surface area (Å²) in [6, 6.07) is 32.2. The Morgan fingerprint density at radius 2 is 0.910 bits per heavy atom. The van der Waals surface area contributed by atoms with E-state index in [9.17, 15) is 114 Å². The molecule has 11 atom stereocenters. The quantitative estimate of drug-likeness (QED) is 0.0193. The molecular formula is C67H82F14O17S2. The van der Waals surface area contributed by atoms with Crippen molar-refractivity contribution in [3.63, 3.8) is 0 Å². The fraction of sp³-hybridized carbons (Fsp3) is 0.537. The Balaban J connectivity index is 0.000000429. The van der Waals surface area contributed by atoms with Crippen molar-refractivity contribution in [1.82, 2.24) is 0 Å². The van der Waals surface area contributed by atoms with Crippen LogP contribution in [0.25, 0.3) is 0 Å². The molecule has 0 aliphatic heterocycles. The molecule has 0 spiro atoms. The fourth-order valence-corrected chi connectivity index (χ4v) is 12.6. The molecule has 3 aromatic rings. The number of hydrogen-bond donors (Lipinski definition) is 4. The van der Waals surface area contributed by atoms with Gasteiger partial charge in [-0.3, -0.25) is 0 Å². The van der Waals surface area contributed by atoms with Crippen LogP contribution in [-0.4, -0.2) is 147 Å². The van der Waals surface area contributed by atoms with Crippen LogP contribution in [0.2, 0.25) is 0 Å². The van der Waals surface area contributed by atoms with Crippen LogP contribution in [0.3, 0.4) is 0 Å². The number of benzene rings is 3. The van der Waals surface area contributed by atoms with Gasteiger partial charge in [0.05, 0.1) is 10.9 Å². The van der Waals surface area contributed by atoms with Crippen molar-refractivity contribution in [3.8, 4) is 0 Å². The van der Waals surface area contributed by atoms with E-state index in [1.54, 1.807) is 6.92 Å². The highest BCUT2D eigenvalue weighted by Crippen LogP contribution is 2.54. The van der Waals surface area contributed by atoms with Gasteiger partial charge in [0.2, 0.25) is 0 Å². The predicted octanol–water partition coefficient (Wildman–Crippen LogP) is 13.5. The maximum Gasteiger partial charge on any atom is 0.417 e. The minimum atomic E-state index is -5.93. The third-order valence-electron chi connectivity index (χ3n) is 16.1. The van der Waals surface area contributed by atoms with Crippen LogP contribution in [-0.2, 0) is 68.7 Å². The first-order chi connectivity index (χ1) is 45.3. The van der Waals surface area contributed by atoms with Gasteiger partial charge in [-0.25, -0.2) is 32.4 Å². The second-order valence-corrected chi connectivity index (χ2v) is 28.8. The van der Waals surface area contributed by atoms with E-state index in [0.717, 1.165) is 13.3 Å². The Labute approximate surface area is 572 Å². The first-order valence-electron chi connectivity index (χ1n) is 30.3. The van der Waals surface area contributed by atoms with Crippen molar-refractivity contribution < 1.29 is 143 Å². The number of rotatable bonds is 21. The number of carbonyl (C=O) groups is 5. The van der Waals surface area contributed by atoms with Gasteiger partial charge in [0, 0.05) is 40.5 Å². The normalized spacial score (nSPS) is 21.8. The molecule has 100 heavy (non-hydrogen) atoms. The van der Waals surface area contributed by atoms with Crippen molar-refractivity contribution in [2.45, 2.75) is 199 Å². The highest BCUT2D eigenvalue weighted by Gasteiger charge is 2.62. The fourth-order valence-electron chi connectivity index (χ4n) is 10.3. The molecule has 33 heteroatoms. The van der Waals surface area contributed by atoms with Gasteiger partial charge in [-0.15, -0.1) is 0 Å². The van der Waals surface area contributed by atoms with Crippen molar-refractivity contribution in [1.29, 1.82) is 0 Å². The topological polar surface area (TPSA) is 270 Å². The number of fused-ring (bicyclic) bond motifs is 2. The Hall–Kier alpha value is -6.91. The molecule has 3 aliphatic carbocycles. The van der Waals surface area contributed by atoms with Gasteiger partial charge in [-0.2, -0.15) is 61.5 Å². The van der Waals surface area contributed by atoms with Crippen LogP contribution in [0.1, 0.15) is 114 Å². The van der Waals surface area contributed by atoms with Gasteiger partial charge < -0.3 is 48.7 Å². The second-order valence-electron chi connectivity index (χ2n) is 25.2. The molecule has 0 aromatic heterocycles. The molecule has 17 nitrogen and oxygen atoms in total. The van der Waals surface area contributed by atoms with Gasteiger partial charge in [-0.05, 0) is 161 Å². The Kier molecular flexibility index (Phi) is 31.9. The SMILES string of the molecule is C=C(C)C(=O)OC(C)CC(C)(O)C(F)(F)F.C=C(C)C(=O)OC1CC(C(C)(O)C(F)(F)F)CC(C(C)(O)C(F)(F)F)C1.C=C(C)C(=O)OC1CC2CC(CC(C)(O)C(F)(F)F)C1C2.C=C(C)C(=O)OCC(=O)OCC(F)(F)S(=O)(=O)[O-].c1ccc([S+](c2ccccc2)c2ccccc2)cc1. The van der Waals surface area contributed by atoms with Gasteiger partial charge >= 0.3 is 59.8 Å². The van der Waals surface area contributed by atoms with Crippen molar-refractivity contribution in [3.05, 3.63) is 140 Å². The Morgan fingerprint density at radius 1 is 0.530 bits per heavy atom. The van der Waals surface area contributed by atoms with Crippen molar-refractivity contribution in [2.75, 3.05) is 13.2 Å². The highest BCUT2D eigenvalue weighted by atomic mass is 32.2. The molecule has 2 bridgehead atoms. The monoisotopic (exact) mass is 1490 g/mol. The minimum absolute atomic E-state index is 0.0146. The van der Waals surface area contributed by atoms with Gasteiger partial charge in [0.15, 0.2) is 60.4 Å². The lowest BCUT2D eigenvalue weighted by atomic mass is 9.67. The summed E-state index contributed by atoms with van der Waals surface area (Å²) < 4.78 is 232. The van der Waals surface area contributed by atoms with E-state index in [0.29, 0.717) is 33.6 Å². The van der Waals surface area contributed by atoms with E-state index in [1.165, 1.54) is 42.4 Å². The van der Waals surface area contributed by atoms with E-state index < -0.39 is 155 Å². The van der Waals surface area contributed by atoms with Crippen LogP contribution in [0.4, 0.5) is 61.5 Å². The third-order valence-corrected chi connectivity index (χ3v) is 19.2. The smallest absolute Gasteiger partial charge is 0.417 e. The highest BCUT2D eigenvalue weighted by molar-refractivity contribution is 7.97. The molecule has 3 aliphatic rings. The van der Waals surface area contributed by atoms with Crippen molar-refractivity contribution >= 4 is 50.9 Å². The van der Waals surface area contributed by atoms with E-state index in [1.807, 2.05) is 0 Å². The minimum Gasteiger partial charge on any atom is -0.743 e. The molecule has 3 saturated carbocycles. The van der Waals surface area contributed by atoms with Gasteiger partial charge in [0.25, 0.3) is 0 Å². The average molecular weight is 1490 g/mol. The van der Waals surface area contributed by atoms with Crippen LogP contribution >= 0.6 is 0 Å². The van der Waals surface area contributed by atoms with E-state index in [-0.39, 0.29) is 63.5 Å².